The highest BCUT2D eigenvalue weighted by atomic mass is 32.1. The fourth-order valence-corrected chi connectivity index (χ4v) is 3.98. The van der Waals surface area contributed by atoms with Gasteiger partial charge in [-0.1, -0.05) is 53.8 Å². The third-order valence-corrected chi connectivity index (χ3v) is 5.47. The molecule has 0 saturated heterocycles. The Morgan fingerprint density at radius 1 is 0.964 bits per heavy atom. The van der Waals surface area contributed by atoms with E-state index < -0.39 is 0 Å². The predicted octanol–water partition coefficient (Wildman–Crippen LogP) is 4.57. The molecule has 0 fully saturated rings. The molecule has 6 nitrogen and oxygen atoms in total. The molecular formula is C21H15N5OS. The van der Waals surface area contributed by atoms with Crippen molar-refractivity contribution in [1.82, 2.24) is 19.8 Å². The second-order valence-electron chi connectivity index (χ2n) is 6.45. The quantitative estimate of drug-likeness (QED) is 0.494. The molecule has 2 aromatic heterocycles. The van der Waals surface area contributed by atoms with E-state index in [-0.39, 0.29) is 5.91 Å². The van der Waals surface area contributed by atoms with Crippen LogP contribution in [0, 0.1) is 6.92 Å². The summed E-state index contributed by atoms with van der Waals surface area (Å²) in [6.07, 6.45) is 0. The van der Waals surface area contributed by atoms with E-state index in [0.29, 0.717) is 5.56 Å². The summed E-state index contributed by atoms with van der Waals surface area (Å²) >= 11 is 1.46. The van der Waals surface area contributed by atoms with Gasteiger partial charge in [0.2, 0.25) is 4.96 Å². The van der Waals surface area contributed by atoms with E-state index in [1.165, 1.54) is 11.3 Å². The van der Waals surface area contributed by atoms with Gasteiger partial charge in [-0.05, 0) is 42.0 Å². The third kappa shape index (κ3) is 2.91. The Hall–Kier alpha value is -3.58. The number of fused-ring (bicyclic) bond motifs is 2. The molecule has 5 rings (SSSR count). The molecule has 0 atom stereocenters. The lowest BCUT2D eigenvalue weighted by Gasteiger charge is -2.07. The summed E-state index contributed by atoms with van der Waals surface area (Å²) in [6.45, 7) is 1.86. The number of carbonyl (C=O) groups is 1. The van der Waals surface area contributed by atoms with Crippen LogP contribution in [0.5, 0.6) is 0 Å². The summed E-state index contributed by atoms with van der Waals surface area (Å²) in [5.74, 6) is 0.607. The van der Waals surface area contributed by atoms with Crippen LogP contribution in [0.3, 0.4) is 0 Å². The Balaban J connectivity index is 1.43. The number of anilines is 1. The first-order valence-corrected chi connectivity index (χ1v) is 9.58. The summed E-state index contributed by atoms with van der Waals surface area (Å²) in [5.41, 5.74) is 2.27. The van der Waals surface area contributed by atoms with Gasteiger partial charge in [-0.2, -0.15) is 9.61 Å². The lowest BCUT2D eigenvalue weighted by atomic mass is 10.1. The third-order valence-electron chi connectivity index (χ3n) is 4.53. The number of amides is 1. The van der Waals surface area contributed by atoms with Crippen molar-refractivity contribution < 1.29 is 4.79 Å². The van der Waals surface area contributed by atoms with E-state index in [0.717, 1.165) is 37.8 Å². The highest BCUT2D eigenvalue weighted by Crippen LogP contribution is 2.27. The molecule has 0 aliphatic heterocycles. The largest absolute Gasteiger partial charge is 0.322 e. The molecule has 0 unspecified atom stereocenters. The molecule has 0 spiro atoms. The van der Waals surface area contributed by atoms with Crippen LogP contribution in [0.15, 0.2) is 66.7 Å². The van der Waals surface area contributed by atoms with Gasteiger partial charge in [0.1, 0.15) is 5.01 Å². The van der Waals surface area contributed by atoms with Crippen molar-refractivity contribution in [2.75, 3.05) is 5.32 Å². The van der Waals surface area contributed by atoms with Gasteiger partial charge in [-0.3, -0.25) is 4.79 Å². The minimum absolute atomic E-state index is 0.142. The molecule has 0 aliphatic rings. The summed E-state index contributed by atoms with van der Waals surface area (Å²) in [4.78, 5) is 13.5. The van der Waals surface area contributed by atoms with E-state index in [4.69, 9.17) is 0 Å². The van der Waals surface area contributed by atoms with E-state index >= 15 is 0 Å². The first-order chi connectivity index (χ1) is 13.7. The van der Waals surface area contributed by atoms with Crippen LogP contribution >= 0.6 is 11.3 Å². The summed E-state index contributed by atoms with van der Waals surface area (Å²) < 4.78 is 1.72. The molecule has 0 bridgehead atoms. The van der Waals surface area contributed by atoms with Crippen LogP contribution in [-0.4, -0.2) is 25.7 Å². The minimum Gasteiger partial charge on any atom is -0.322 e. The fourth-order valence-electron chi connectivity index (χ4n) is 3.10. The second-order valence-corrected chi connectivity index (χ2v) is 7.40. The van der Waals surface area contributed by atoms with Gasteiger partial charge in [0.25, 0.3) is 5.91 Å². The number of hydrogen-bond donors (Lipinski definition) is 1. The Bertz CT molecular complexity index is 1340. The summed E-state index contributed by atoms with van der Waals surface area (Å²) in [5, 5.41) is 18.6. The van der Waals surface area contributed by atoms with Gasteiger partial charge in [0, 0.05) is 16.8 Å². The molecule has 0 radical (unpaired) electrons. The topological polar surface area (TPSA) is 72.2 Å². The van der Waals surface area contributed by atoms with Crippen molar-refractivity contribution in [3.8, 4) is 10.6 Å². The fraction of sp³-hybridized carbons (Fsp3) is 0.0476. The number of aryl methyl sites for hydroxylation is 1. The minimum atomic E-state index is -0.142. The zero-order valence-corrected chi connectivity index (χ0v) is 15.8. The van der Waals surface area contributed by atoms with Gasteiger partial charge in [0.15, 0.2) is 5.82 Å². The van der Waals surface area contributed by atoms with Crippen LogP contribution < -0.4 is 5.32 Å². The number of hydrogen-bond acceptors (Lipinski definition) is 5. The van der Waals surface area contributed by atoms with Gasteiger partial charge >= 0.3 is 0 Å². The normalized spacial score (nSPS) is 11.2. The van der Waals surface area contributed by atoms with E-state index in [1.807, 2.05) is 73.7 Å². The first kappa shape index (κ1) is 16.6. The second kappa shape index (κ2) is 6.54. The molecule has 136 valence electrons. The van der Waals surface area contributed by atoms with Gasteiger partial charge in [-0.25, -0.2) is 0 Å². The SMILES string of the molecule is Cc1nnc2sc(-c3cccc(NC(=O)c4ccc5ccccc5c4)c3)nn12. The maximum Gasteiger partial charge on any atom is 0.255 e. The monoisotopic (exact) mass is 385 g/mol. The Morgan fingerprint density at radius 2 is 1.82 bits per heavy atom. The van der Waals surface area contributed by atoms with Crippen molar-refractivity contribution in [1.29, 1.82) is 0 Å². The number of benzene rings is 3. The van der Waals surface area contributed by atoms with E-state index in [9.17, 15) is 4.79 Å². The van der Waals surface area contributed by atoms with Crippen LogP contribution in [0.2, 0.25) is 0 Å². The smallest absolute Gasteiger partial charge is 0.255 e. The molecule has 1 amide bonds. The first-order valence-electron chi connectivity index (χ1n) is 8.77. The maximum absolute atomic E-state index is 12.7. The predicted molar refractivity (Wildman–Crippen MR) is 111 cm³/mol. The van der Waals surface area contributed by atoms with Crippen molar-refractivity contribution in [3.05, 3.63) is 78.1 Å². The van der Waals surface area contributed by atoms with Gasteiger partial charge < -0.3 is 5.32 Å². The van der Waals surface area contributed by atoms with Gasteiger partial charge in [0.05, 0.1) is 0 Å². The summed E-state index contributed by atoms with van der Waals surface area (Å²) in [6, 6.07) is 21.3. The molecule has 5 aromatic rings. The molecule has 0 aliphatic carbocycles. The molecule has 3 aromatic carbocycles. The zero-order chi connectivity index (χ0) is 19.1. The highest BCUT2D eigenvalue weighted by molar-refractivity contribution is 7.19. The number of carbonyl (C=O) groups excluding carboxylic acids is 1. The number of nitrogens with zero attached hydrogens (tertiary/aromatic N) is 4. The standard InChI is InChI=1S/C21H15N5OS/c1-13-23-24-21-26(13)25-20(28-21)17-7-4-8-18(12-17)22-19(27)16-10-9-14-5-2-3-6-15(14)11-16/h2-12H,1H3,(H,22,27). The molecule has 7 heteroatoms. The van der Waals surface area contributed by atoms with Crippen LogP contribution in [0.1, 0.15) is 16.2 Å². The number of rotatable bonds is 3. The molecule has 1 N–H and O–H groups in total. The Kier molecular flexibility index (Phi) is 3.87. The molecule has 2 heterocycles. The molecule has 0 saturated carbocycles. The van der Waals surface area contributed by atoms with Crippen molar-refractivity contribution >= 4 is 38.7 Å². The highest BCUT2D eigenvalue weighted by Gasteiger charge is 2.12. The van der Waals surface area contributed by atoms with Crippen molar-refractivity contribution in [3.63, 3.8) is 0 Å². The lowest BCUT2D eigenvalue weighted by Crippen LogP contribution is -2.11. The van der Waals surface area contributed by atoms with Crippen LogP contribution in [-0.2, 0) is 0 Å². The average Bonchev–Trinajstić information content (AvgIpc) is 3.30. The summed E-state index contributed by atoms with van der Waals surface area (Å²) in [7, 11) is 0. The Labute approximate surface area is 164 Å². The van der Waals surface area contributed by atoms with E-state index in [1.54, 1.807) is 4.52 Å². The number of nitrogens with one attached hydrogen (secondary N) is 1. The molecule has 28 heavy (non-hydrogen) atoms. The zero-order valence-electron chi connectivity index (χ0n) is 15.0. The van der Waals surface area contributed by atoms with E-state index in [2.05, 4.69) is 20.6 Å². The van der Waals surface area contributed by atoms with Gasteiger partial charge in [-0.15, -0.1) is 10.2 Å². The average molecular weight is 385 g/mol. The van der Waals surface area contributed by atoms with Crippen molar-refractivity contribution in [2.24, 2.45) is 0 Å². The Morgan fingerprint density at radius 3 is 2.68 bits per heavy atom. The van der Waals surface area contributed by atoms with Crippen molar-refractivity contribution in [2.45, 2.75) is 6.92 Å². The lowest BCUT2D eigenvalue weighted by molar-refractivity contribution is 0.102. The molecular weight excluding hydrogens is 370 g/mol. The van der Waals surface area contributed by atoms with Crippen LogP contribution in [0.25, 0.3) is 26.3 Å². The maximum atomic E-state index is 12.7. The number of aromatic nitrogens is 4. The van der Waals surface area contributed by atoms with Crippen LogP contribution in [0.4, 0.5) is 5.69 Å².